The van der Waals surface area contributed by atoms with Crippen molar-refractivity contribution < 1.29 is 19.1 Å². The molecule has 2 heterocycles. The Bertz CT molecular complexity index is 1160. The summed E-state index contributed by atoms with van der Waals surface area (Å²) in [5.74, 6) is 0.560. The number of ether oxygens (including phenoxy) is 2. The second-order valence-electron chi connectivity index (χ2n) is 6.64. The molecule has 31 heavy (non-hydrogen) atoms. The third kappa shape index (κ3) is 4.27. The molecule has 9 heteroatoms. The lowest BCUT2D eigenvalue weighted by Crippen LogP contribution is -2.50. The van der Waals surface area contributed by atoms with Crippen LogP contribution in [0.2, 0.25) is 0 Å². The first kappa shape index (κ1) is 20.9. The average molecular weight is 439 g/mol. The van der Waals surface area contributed by atoms with Gasteiger partial charge in [0.15, 0.2) is 17.9 Å². The number of nitrogens with zero attached hydrogens (tertiary/aromatic N) is 3. The third-order valence-corrected chi connectivity index (χ3v) is 5.39. The van der Waals surface area contributed by atoms with Gasteiger partial charge in [0.25, 0.3) is 5.91 Å². The van der Waals surface area contributed by atoms with Crippen molar-refractivity contribution in [1.82, 2.24) is 10.3 Å². The Kier molecular flexibility index (Phi) is 6.22. The zero-order valence-corrected chi connectivity index (χ0v) is 18.0. The lowest BCUT2D eigenvalue weighted by molar-refractivity contribution is -0.145. The number of thioether (sulfide) groups is 1. The van der Waals surface area contributed by atoms with Gasteiger partial charge >= 0.3 is 5.97 Å². The first-order chi connectivity index (χ1) is 15.1. The van der Waals surface area contributed by atoms with Crippen LogP contribution in [-0.2, 0) is 14.3 Å². The van der Waals surface area contributed by atoms with Crippen LogP contribution in [0.4, 0.5) is 0 Å². The van der Waals surface area contributed by atoms with Gasteiger partial charge in [-0.2, -0.15) is 0 Å². The van der Waals surface area contributed by atoms with Crippen LogP contribution < -0.4 is 20.6 Å². The Hall–Kier alpha value is -3.33. The quantitative estimate of drug-likeness (QED) is 0.688. The van der Waals surface area contributed by atoms with Crippen molar-refractivity contribution in [2.24, 2.45) is 10.1 Å². The molecule has 2 aromatic rings. The Labute approximate surface area is 183 Å². The standard InChI is InChI=1S/C22H22N4O4S/c1-3-29-18(27)13-30-17-12-8-6-10-15(17)20-23-16-11-7-5-9-14(16)19-21(28)24-22(31-4-2)25-26(19)20/h5-12,20H,3-4,13H2,1-2H3,(H,24,25,28)/t20-/m0/s1. The van der Waals surface area contributed by atoms with Gasteiger partial charge in [0.2, 0.25) is 0 Å². The van der Waals surface area contributed by atoms with E-state index >= 15 is 0 Å². The van der Waals surface area contributed by atoms with Gasteiger partial charge < -0.3 is 9.47 Å². The highest BCUT2D eigenvalue weighted by molar-refractivity contribution is 8.13. The van der Waals surface area contributed by atoms with E-state index in [9.17, 15) is 9.59 Å². The molecular weight excluding hydrogens is 416 g/mol. The van der Waals surface area contributed by atoms with Crippen molar-refractivity contribution >= 4 is 34.5 Å². The molecule has 2 aromatic carbocycles. The molecule has 2 aliphatic heterocycles. The fourth-order valence-electron chi connectivity index (χ4n) is 3.40. The normalized spacial score (nSPS) is 17.0. The third-order valence-electron chi connectivity index (χ3n) is 4.64. The van der Waals surface area contributed by atoms with Crippen LogP contribution in [0.3, 0.4) is 0 Å². The Balaban J connectivity index is 1.80. The number of rotatable bonds is 6. The van der Waals surface area contributed by atoms with Crippen molar-refractivity contribution in [1.29, 1.82) is 0 Å². The number of benzene rings is 2. The summed E-state index contributed by atoms with van der Waals surface area (Å²) in [5.41, 5.74) is 1.12. The van der Waals surface area contributed by atoms with E-state index in [0.29, 0.717) is 32.8 Å². The fourth-order valence-corrected chi connectivity index (χ4v) is 3.98. The molecule has 2 aliphatic rings. The minimum atomic E-state index is -0.623. The van der Waals surface area contributed by atoms with Gasteiger partial charge in [-0.1, -0.05) is 55.1 Å². The fraction of sp³-hybridized carbons (Fsp3) is 0.273. The average Bonchev–Trinajstić information content (AvgIpc) is 2.77. The number of carbonyl (C=O) groups excluding carboxylic acids is 2. The molecule has 0 spiro atoms. The molecule has 4 rings (SSSR count). The molecule has 1 amide bonds. The van der Waals surface area contributed by atoms with Crippen molar-refractivity contribution in [3.63, 3.8) is 0 Å². The number of nitrogens with one attached hydrogen (secondary N) is 1. The Morgan fingerprint density at radius 1 is 1.16 bits per heavy atom. The zero-order valence-electron chi connectivity index (χ0n) is 17.2. The van der Waals surface area contributed by atoms with E-state index in [0.717, 1.165) is 5.75 Å². The predicted octanol–water partition coefficient (Wildman–Crippen LogP) is 1.52. The number of amidine groups is 1. The van der Waals surface area contributed by atoms with Gasteiger partial charge in [-0.3, -0.25) is 15.1 Å². The summed E-state index contributed by atoms with van der Waals surface area (Å²) in [4.78, 5) is 29.7. The maximum Gasteiger partial charge on any atom is 0.344 e. The number of amides is 1. The van der Waals surface area contributed by atoms with Crippen molar-refractivity contribution in [3.8, 4) is 5.75 Å². The van der Waals surface area contributed by atoms with E-state index in [2.05, 4.69) is 10.4 Å². The number of para-hydroxylation sites is 2. The predicted molar refractivity (Wildman–Crippen MR) is 117 cm³/mol. The molecular formula is C22H22N4O4S. The van der Waals surface area contributed by atoms with Gasteiger partial charge in [-0.05, 0) is 24.8 Å². The molecule has 1 atom stereocenters. The minimum Gasteiger partial charge on any atom is -0.481 e. The molecule has 0 saturated heterocycles. The van der Waals surface area contributed by atoms with Crippen LogP contribution in [0, 0.1) is 0 Å². The molecule has 0 fully saturated rings. The van der Waals surface area contributed by atoms with Gasteiger partial charge in [0.05, 0.1) is 12.0 Å². The van der Waals surface area contributed by atoms with Crippen LogP contribution in [0.1, 0.15) is 25.6 Å². The van der Waals surface area contributed by atoms with E-state index in [-0.39, 0.29) is 19.1 Å². The minimum absolute atomic E-state index is 0.217. The van der Waals surface area contributed by atoms with E-state index in [4.69, 9.17) is 14.5 Å². The monoisotopic (exact) mass is 438 g/mol. The number of hydrogen-bond donors (Lipinski definition) is 1. The second kappa shape index (κ2) is 9.22. The van der Waals surface area contributed by atoms with Crippen molar-refractivity contribution in [2.45, 2.75) is 20.0 Å². The van der Waals surface area contributed by atoms with Gasteiger partial charge in [-0.15, -0.1) is 5.10 Å². The number of fused-ring (bicyclic) bond motifs is 2. The smallest absolute Gasteiger partial charge is 0.344 e. The van der Waals surface area contributed by atoms with Gasteiger partial charge in [-0.25, -0.2) is 9.80 Å². The number of carbonyl (C=O) groups is 2. The summed E-state index contributed by atoms with van der Waals surface area (Å²) >= 11 is 1.44. The molecule has 1 N–H and O–H groups in total. The van der Waals surface area contributed by atoms with E-state index in [1.807, 2.05) is 49.4 Å². The van der Waals surface area contributed by atoms with Crippen molar-refractivity contribution in [2.75, 3.05) is 19.0 Å². The summed E-state index contributed by atoms with van der Waals surface area (Å²) < 4.78 is 10.7. The highest BCUT2D eigenvalue weighted by atomic mass is 32.2. The first-order valence-corrected chi connectivity index (χ1v) is 11.0. The van der Waals surface area contributed by atoms with Crippen LogP contribution in [0.5, 0.6) is 5.75 Å². The summed E-state index contributed by atoms with van der Waals surface area (Å²) in [6.45, 7) is 3.80. The van der Waals surface area contributed by atoms with Crippen LogP contribution >= 0.6 is 11.8 Å². The van der Waals surface area contributed by atoms with Crippen LogP contribution in [0.25, 0.3) is 5.70 Å². The highest BCUT2D eigenvalue weighted by Crippen LogP contribution is 2.35. The SMILES string of the molecule is CCOC(=O)COc1ccccc1[C@H]1N=c2ccccc2=C2C(=O)NC(SCC)=NN21. The lowest BCUT2D eigenvalue weighted by Gasteiger charge is -2.34. The van der Waals surface area contributed by atoms with E-state index in [1.165, 1.54) is 11.8 Å². The zero-order chi connectivity index (χ0) is 21.8. The maximum atomic E-state index is 13.0. The van der Waals surface area contributed by atoms with Crippen LogP contribution in [0.15, 0.2) is 58.6 Å². The Morgan fingerprint density at radius 3 is 2.74 bits per heavy atom. The Morgan fingerprint density at radius 2 is 1.94 bits per heavy atom. The molecule has 0 aromatic heterocycles. The van der Waals surface area contributed by atoms with Crippen molar-refractivity contribution in [3.05, 3.63) is 64.7 Å². The second-order valence-corrected chi connectivity index (χ2v) is 7.89. The highest BCUT2D eigenvalue weighted by Gasteiger charge is 2.35. The lowest BCUT2D eigenvalue weighted by atomic mass is 10.1. The van der Waals surface area contributed by atoms with Gasteiger partial charge in [0.1, 0.15) is 11.4 Å². The van der Waals surface area contributed by atoms with E-state index in [1.54, 1.807) is 18.0 Å². The molecule has 0 saturated carbocycles. The molecule has 0 bridgehead atoms. The largest absolute Gasteiger partial charge is 0.481 e. The molecule has 0 radical (unpaired) electrons. The molecule has 0 aliphatic carbocycles. The number of hydrogen-bond acceptors (Lipinski definition) is 8. The maximum absolute atomic E-state index is 13.0. The summed E-state index contributed by atoms with van der Waals surface area (Å²) in [6.07, 6.45) is -0.623. The summed E-state index contributed by atoms with van der Waals surface area (Å²) in [7, 11) is 0. The molecule has 0 unspecified atom stereocenters. The summed E-state index contributed by atoms with van der Waals surface area (Å²) in [6, 6.07) is 14.8. The topological polar surface area (TPSA) is 92.6 Å². The summed E-state index contributed by atoms with van der Waals surface area (Å²) in [5, 5.41) is 11.1. The first-order valence-electron chi connectivity index (χ1n) is 9.99. The van der Waals surface area contributed by atoms with Gasteiger partial charge in [0, 0.05) is 10.8 Å². The number of esters is 1. The number of hydrazone groups is 1. The van der Waals surface area contributed by atoms with Crippen LogP contribution in [-0.4, -0.2) is 41.0 Å². The molecule has 8 nitrogen and oxygen atoms in total. The molecule has 160 valence electrons. The van der Waals surface area contributed by atoms with E-state index < -0.39 is 12.1 Å².